The molecule has 0 bridgehead atoms. The number of fused-ring (bicyclic) bond motifs is 1. The zero-order valence-corrected chi connectivity index (χ0v) is 15.4. The van der Waals surface area contributed by atoms with Crippen LogP contribution in [0.5, 0.6) is 0 Å². The smallest absolute Gasteiger partial charge is 0.272 e. The van der Waals surface area contributed by atoms with E-state index in [-0.39, 0.29) is 11.6 Å². The fourth-order valence-corrected chi connectivity index (χ4v) is 2.87. The van der Waals surface area contributed by atoms with E-state index in [4.69, 9.17) is 0 Å². The van der Waals surface area contributed by atoms with E-state index in [2.05, 4.69) is 20.8 Å². The highest BCUT2D eigenvalue weighted by atomic mass is 16.2. The molecule has 29 heavy (non-hydrogen) atoms. The number of hydrogen-bond donors (Lipinski definition) is 3. The monoisotopic (exact) mass is 382 g/mol. The molecule has 4 rings (SSSR count). The summed E-state index contributed by atoms with van der Waals surface area (Å²) in [6.45, 7) is 0. The Morgan fingerprint density at radius 3 is 2.38 bits per heavy atom. The summed E-state index contributed by atoms with van der Waals surface area (Å²) in [6, 6.07) is 23.5. The molecule has 2 amide bonds. The third-order valence-electron chi connectivity index (χ3n) is 4.34. The lowest BCUT2D eigenvalue weighted by molar-refractivity contribution is -0.113. The van der Waals surface area contributed by atoms with Crippen LogP contribution in [0.4, 0.5) is 5.69 Å². The summed E-state index contributed by atoms with van der Waals surface area (Å²) in [4.78, 5) is 25.5. The number of nitrogens with zero attached hydrogens (tertiary/aromatic N) is 1. The lowest BCUT2D eigenvalue weighted by Gasteiger charge is -2.11. The third-order valence-corrected chi connectivity index (χ3v) is 4.34. The maximum Gasteiger partial charge on any atom is 0.272 e. The Bertz CT molecular complexity index is 1180. The van der Waals surface area contributed by atoms with Gasteiger partial charge in [-0.3, -0.25) is 14.7 Å². The Balaban J connectivity index is 1.60. The number of H-pyrrole nitrogens is 1. The van der Waals surface area contributed by atoms with Crippen LogP contribution in [-0.4, -0.2) is 22.0 Å². The molecule has 0 saturated heterocycles. The molecule has 6 nitrogen and oxygen atoms in total. The molecule has 0 saturated carbocycles. The SMILES string of the molecule is O=C(Nc1ccc2cn[nH]c2c1)C(=Cc1ccccc1)NC(=O)c1ccccc1. The van der Waals surface area contributed by atoms with Gasteiger partial charge in [-0.25, -0.2) is 0 Å². The van der Waals surface area contributed by atoms with Crippen molar-refractivity contribution in [2.75, 3.05) is 5.32 Å². The first-order chi connectivity index (χ1) is 14.2. The van der Waals surface area contributed by atoms with E-state index in [9.17, 15) is 9.59 Å². The van der Waals surface area contributed by atoms with E-state index < -0.39 is 5.91 Å². The lowest BCUT2D eigenvalue weighted by atomic mass is 10.1. The van der Waals surface area contributed by atoms with Crippen molar-refractivity contribution in [2.24, 2.45) is 0 Å². The van der Waals surface area contributed by atoms with Gasteiger partial charge in [0.15, 0.2) is 0 Å². The van der Waals surface area contributed by atoms with Crippen molar-refractivity contribution >= 4 is 34.5 Å². The summed E-state index contributed by atoms with van der Waals surface area (Å²) in [6.07, 6.45) is 3.35. The van der Waals surface area contributed by atoms with Crippen LogP contribution in [0.25, 0.3) is 17.0 Å². The maximum atomic E-state index is 12.9. The summed E-state index contributed by atoms with van der Waals surface area (Å²) >= 11 is 0. The lowest BCUT2D eigenvalue weighted by Crippen LogP contribution is -2.30. The molecule has 4 aromatic rings. The zero-order chi connectivity index (χ0) is 20.1. The minimum atomic E-state index is -0.419. The van der Waals surface area contributed by atoms with Crippen molar-refractivity contribution < 1.29 is 9.59 Å². The first-order valence-corrected chi connectivity index (χ1v) is 9.07. The zero-order valence-electron chi connectivity index (χ0n) is 15.4. The summed E-state index contributed by atoms with van der Waals surface area (Å²) in [5, 5.41) is 13.3. The van der Waals surface area contributed by atoms with Gasteiger partial charge in [-0.05, 0) is 42.0 Å². The predicted octanol–water partition coefficient (Wildman–Crippen LogP) is 3.97. The van der Waals surface area contributed by atoms with Crippen LogP contribution in [0.15, 0.2) is 90.8 Å². The number of aromatic amines is 1. The van der Waals surface area contributed by atoms with Gasteiger partial charge in [0, 0.05) is 16.6 Å². The van der Waals surface area contributed by atoms with Crippen molar-refractivity contribution in [1.29, 1.82) is 0 Å². The topological polar surface area (TPSA) is 86.9 Å². The standard InChI is InChI=1S/C23H18N4O2/c28-22(17-9-5-2-6-10-17)26-21(13-16-7-3-1-4-8-16)23(29)25-19-12-11-18-15-24-27-20(18)14-19/h1-15H,(H,24,27)(H,25,29)(H,26,28). The average molecular weight is 382 g/mol. The molecular formula is C23H18N4O2. The third kappa shape index (κ3) is 4.39. The molecule has 0 unspecified atom stereocenters. The number of hydrogen-bond acceptors (Lipinski definition) is 3. The number of aromatic nitrogens is 2. The molecule has 0 aliphatic rings. The molecule has 1 heterocycles. The normalized spacial score (nSPS) is 11.2. The molecule has 142 valence electrons. The highest BCUT2D eigenvalue weighted by Crippen LogP contribution is 2.17. The van der Waals surface area contributed by atoms with Crippen molar-refractivity contribution in [2.45, 2.75) is 0 Å². The molecular weight excluding hydrogens is 364 g/mol. The van der Waals surface area contributed by atoms with Gasteiger partial charge >= 0.3 is 0 Å². The van der Waals surface area contributed by atoms with E-state index in [1.54, 1.807) is 48.7 Å². The van der Waals surface area contributed by atoms with Gasteiger partial charge in [-0.1, -0.05) is 48.5 Å². The predicted molar refractivity (Wildman–Crippen MR) is 113 cm³/mol. The summed E-state index contributed by atoms with van der Waals surface area (Å²) < 4.78 is 0. The highest BCUT2D eigenvalue weighted by molar-refractivity contribution is 6.11. The van der Waals surface area contributed by atoms with E-state index in [1.165, 1.54) is 0 Å². The van der Waals surface area contributed by atoms with E-state index >= 15 is 0 Å². The van der Waals surface area contributed by atoms with Gasteiger partial charge in [0.25, 0.3) is 11.8 Å². The number of nitrogens with one attached hydrogen (secondary N) is 3. The number of anilines is 1. The van der Waals surface area contributed by atoms with Crippen LogP contribution in [-0.2, 0) is 4.79 Å². The molecule has 1 aromatic heterocycles. The van der Waals surface area contributed by atoms with Gasteiger partial charge in [0.1, 0.15) is 5.70 Å². The first kappa shape index (κ1) is 18.2. The molecule has 0 atom stereocenters. The minimum absolute atomic E-state index is 0.148. The Morgan fingerprint density at radius 2 is 1.62 bits per heavy atom. The van der Waals surface area contributed by atoms with Crippen molar-refractivity contribution in [3.8, 4) is 0 Å². The van der Waals surface area contributed by atoms with Gasteiger partial charge in [-0.2, -0.15) is 5.10 Å². The molecule has 3 aromatic carbocycles. The van der Waals surface area contributed by atoms with Crippen LogP contribution < -0.4 is 10.6 Å². The van der Waals surface area contributed by atoms with Crippen molar-refractivity contribution in [1.82, 2.24) is 15.5 Å². The first-order valence-electron chi connectivity index (χ1n) is 9.07. The molecule has 0 spiro atoms. The number of benzene rings is 3. The van der Waals surface area contributed by atoms with Gasteiger partial charge in [-0.15, -0.1) is 0 Å². The quantitative estimate of drug-likeness (QED) is 0.457. The van der Waals surface area contributed by atoms with Crippen LogP contribution >= 0.6 is 0 Å². The van der Waals surface area contributed by atoms with E-state index in [1.807, 2.05) is 42.5 Å². The van der Waals surface area contributed by atoms with Crippen LogP contribution in [0.1, 0.15) is 15.9 Å². The van der Waals surface area contributed by atoms with Gasteiger partial charge in [0.2, 0.25) is 0 Å². The maximum absolute atomic E-state index is 12.9. The summed E-state index contributed by atoms with van der Waals surface area (Å²) in [7, 11) is 0. The molecule has 0 aliphatic carbocycles. The number of amides is 2. The second-order valence-corrected chi connectivity index (χ2v) is 6.42. The molecule has 0 fully saturated rings. The minimum Gasteiger partial charge on any atom is -0.321 e. The Morgan fingerprint density at radius 1 is 0.897 bits per heavy atom. The Hall–Kier alpha value is -4.19. The molecule has 3 N–H and O–H groups in total. The molecule has 6 heteroatoms. The van der Waals surface area contributed by atoms with Crippen molar-refractivity contribution in [3.05, 3.63) is 102 Å². The largest absolute Gasteiger partial charge is 0.321 e. The van der Waals surface area contributed by atoms with Crippen molar-refractivity contribution in [3.63, 3.8) is 0 Å². The second kappa shape index (κ2) is 8.22. The van der Waals surface area contributed by atoms with Crippen LogP contribution in [0, 0.1) is 0 Å². The highest BCUT2D eigenvalue weighted by Gasteiger charge is 2.15. The van der Waals surface area contributed by atoms with Crippen LogP contribution in [0.3, 0.4) is 0 Å². The number of carbonyl (C=O) groups is 2. The molecule has 0 aliphatic heterocycles. The fourth-order valence-electron chi connectivity index (χ4n) is 2.87. The fraction of sp³-hybridized carbons (Fsp3) is 0. The Labute approximate surface area is 167 Å². The average Bonchev–Trinajstić information content (AvgIpc) is 3.22. The number of rotatable bonds is 5. The van der Waals surface area contributed by atoms with E-state index in [0.29, 0.717) is 11.3 Å². The summed E-state index contributed by atoms with van der Waals surface area (Å²) in [5.74, 6) is -0.774. The van der Waals surface area contributed by atoms with Gasteiger partial charge < -0.3 is 10.6 Å². The Kier molecular flexibility index (Phi) is 5.16. The number of carbonyl (C=O) groups excluding carboxylic acids is 2. The molecule has 0 radical (unpaired) electrons. The van der Waals surface area contributed by atoms with E-state index in [0.717, 1.165) is 16.5 Å². The summed E-state index contributed by atoms with van der Waals surface area (Å²) in [5.41, 5.74) is 2.83. The van der Waals surface area contributed by atoms with Crippen LogP contribution in [0.2, 0.25) is 0 Å². The van der Waals surface area contributed by atoms with Gasteiger partial charge in [0.05, 0.1) is 11.7 Å². The second-order valence-electron chi connectivity index (χ2n) is 6.42.